The van der Waals surface area contributed by atoms with Crippen LogP contribution in [-0.2, 0) is 14.3 Å². The van der Waals surface area contributed by atoms with Crippen LogP contribution in [0.2, 0.25) is 0 Å². The van der Waals surface area contributed by atoms with Crippen LogP contribution in [0.5, 0.6) is 0 Å². The van der Waals surface area contributed by atoms with Crippen LogP contribution in [0.25, 0.3) is 0 Å². The molecule has 2 aromatic carbocycles. The molecule has 2 aromatic rings. The van der Waals surface area contributed by atoms with Crippen molar-refractivity contribution in [1.29, 1.82) is 5.41 Å². The van der Waals surface area contributed by atoms with Crippen molar-refractivity contribution in [2.45, 2.75) is 13.3 Å². The Kier molecular flexibility index (Phi) is 6.90. The summed E-state index contributed by atoms with van der Waals surface area (Å²) in [5, 5.41) is 7.54. The van der Waals surface area contributed by atoms with E-state index in [4.69, 9.17) is 15.9 Å². The summed E-state index contributed by atoms with van der Waals surface area (Å²) in [5.74, 6) is 4.97. The molecule has 0 saturated carbocycles. The van der Waals surface area contributed by atoms with Crippen LogP contribution in [0.1, 0.15) is 40.4 Å². The zero-order valence-corrected chi connectivity index (χ0v) is 18.0. The first-order valence-electron chi connectivity index (χ1n) is 10.1. The van der Waals surface area contributed by atoms with Crippen molar-refractivity contribution in [2.24, 2.45) is 5.73 Å². The molecular formula is C24H24N4O4. The summed E-state index contributed by atoms with van der Waals surface area (Å²) in [6.07, 6.45) is 0.0118. The number of benzene rings is 2. The second kappa shape index (κ2) is 9.79. The monoisotopic (exact) mass is 432 g/mol. The minimum absolute atomic E-state index is 0.0118. The topological polar surface area (TPSA) is 117 Å². The van der Waals surface area contributed by atoms with Crippen molar-refractivity contribution in [3.63, 3.8) is 0 Å². The molecule has 0 spiro atoms. The van der Waals surface area contributed by atoms with Crippen LogP contribution in [0.15, 0.2) is 42.5 Å². The zero-order chi connectivity index (χ0) is 23.3. The normalized spacial score (nSPS) is 13.1. The quantitative estimate of drug-likeness (QED) is 0.323. The molecule has 0 fully saturated rings. The summed E-state index contributed by atoms with van der Waals surface area (Å²) in [7, 11) is 1.61. The number of ether oxygens (including phenoxy) is 1. The number of esters is 1. The lowest BCUT2D eigenvalue weighted by atomic mass is 10.1. The van der Waals surface area contributed by atoms with Gasteiger partial charge in [-0.2, -0.15) is 0 Å². The number of nitrogen functional groups attached to an aromatic ring is 1. The molecular weight excluding hydrogens is 408 g/mol. The van der Waals surface area contributed by atoms with Crippen LogP contribution in [-0.4, -0.2) is 55.3 Å². The first-order valence-corrected chi connectivity index (χ1v) is 10.1. The molecule has 1 heterocycles. The summed E-state index contributed by atoms with van der Waals surface area (Å²) < 4.78 is 4.92. The van der Waals surface area contributed by atoms with E-state index in [-0.39, 0.29) is 43.8 Å². The Bertz CT molecular complexity index is 1150. The average Bonchev–Trinajstić information content (AvgIpc) is 2.87. The Labute approximate surface area is 186 Å². The van der Waals surface area contributed by atoms with E-state index < -0.39 is 5.97 Å². The number of amides is 2. The molecule has 8 heteroatoms. The third-order valence-corrected chi connectivity index (χ3v) is 4.99. The van der Waals surface area contributed by atoms with Gasteiger partial charge in [-0.15, -0.1) is 0 Å². The van der Waals surface area contributed by atoms with Crippen LogP contribution >= 0.6 is 0 Å². The van der Waals surface area contributed by atoms with Gasteiger partial charge in [0.05, 0.1) is 24.3 Å². The van der Waals surface area contributed by atoms with E-state index in [9.17, 15) is 14.4 Å². The Morgan fingerprint density at radius 2 is 1.88 bits per heavy atom. The maximum Gasteiger partial charge on any atom is 0.307 e. The van der Waals surface area contributed by atoms with Gasteiger partial charge in [-0.1, -0.05) is 24.0 Å². The zero-order valence-electron chi connectivity index (χ0n) is 18.0. The van der Waals surface area contributed by atoms with Crippen LogP contribution in [0.4, 0.5) is 5.69 Å². The molecule has 164 valence electrons. The number of hydrogen-bond acceptors (Lipinski definition) is 5. The van der Waals surface area contributed by atoms with E-state index in [1.165, 1.54) is 9.80 Å². The number of anilines is 1. The van der Waals surface area contributed by atoms with Crippen molar-refractivity contribution in [2.75, 3.05) is 31.6 Å². The number of nitrogens with zero attached hydrogens (tertiary/aromatic N) is 2. The highest BCUT2D eigenvalue weighted by Crippen LogP contribution is 2.26. The Hall–Kier alpha value is -4.12. The lowest BCUT2D eigenvalue weighted by Gasteiger charge is -2.19. The lowest BCUT2D eigenvalue weighted by Crippen LogP contribution is -2.39. The van der Waals surface area contributed by atoms with Gasteiger partial charge in [0.15, 0.2) is 0 Å². The number of likely N-dealkylation sites (N-methyl/N-ethyl adjacent to an activating group) is 1. The largest absolute Gasteiger partial charge is 0.466 e. The first-order chi connectivity index (χ1) is 15.3. The molecule has 1 aliphatic rings. The summed E-state index contributed by atoms with van der Waals surface area (Å²) >= 11 is 0. The number of nitrogens with one attached hydrogen (secondary N) is 1. The summed E-state index contributed by atoms with van der Waals surface area (Å²) in [6, 6.07) is 12.1. The van der Waals surface area contributed by atoms with E-state index in [1.54, 1.807) is 56.4 Å². The number of carbonyl (C=O) groups is 3. The van der Waals surface area contributed by atoms with Gasteiger partial charge in [-0.25, -0.2) is 0 Å². The second-order valence-electron chi connectivity index (χ2n) is 7.21. The summed E-state index contributed by atoms with van der Waals surface area (Å²) in [5.41, 5.74) is 8.21. The van der Waals surface area contributed by atoms with Crippen LogP contribution in [0.3, 0.4) is 0 Å². The predicted molar refractivity (Wildman–Crippen MR) is 120 cm³/mol. The van der Waals surface area contributed by atoms with Crippen molar-refractivity contribution in [3.05, 3.63) is 64.7 Å². The number of fused-ring (bicyclic) bond motifs is 1. The molecule has 3 rings (SSSR count). The number of nitrogens with two attached hydrogens (primary N) is 1. The molecule has 8 nitrogen and oxygen atoms in total. The predicted octanol–water partition coefficient (Wildman–Crippen LogP) is 1.74. The highest BCUT2D eigenvalue weighted by Gasteiger charge is 2.30. The molecule has 0 atom stereocenters. The van der Waals surface area contributed by atoms with E-state index in [0.29, 0.717) is 27.9 Å². The van der Waals surface area contributed by atoms with Crippen molar-refractivity contribution in [1.82, 2.24) is 4.90 Å². The molecule has 0 aliphatic carbocycles. The smallest absolute Gasteiger partial charge is 0.307 e. The van der Waals surface area contributed by atoms with Gasteiger partial charge >= 0.3 is 5.97 Å². The van der Waals surface area contributed by atoms with Crippen molar-refractivity contribution in [3.8, 4) is 11.8 Å². The fourth-order valence-corrected chi connectivity index (χ4v) is 3.27. The molecule has 0 saturated heterocycles. The lowest BCUT2D eigenvalue weighted by molar-refractivity contribution is -0.143. The minimum Gasteiger partial charge on any atom is -0.466 e. The van der Waals surface area contributed by atoms with Crippen molar-refractivity contribution < 1.29 is 19.1 Å². The van der Waals surface area contributed by atoms with Crippen LogP contribution in [0, 0.1) is 17.3 Å². The standard InChI is InChI=1S/C24H24N4O4/c1-3-32-22(30)11-12-28-15-21(29)27(2)20-10-9-17(14-19(20)24(28)31)8-7-16-5-4-6-18(13-16)23(25)26/h4-6,9-10,13-14H,3,11-12,15H2,1-2H3,(H3,25,26). The summed E-state index contributed by atoms with van der Waals surface area (Å²) in [6.45, 7) is 1.93. The van der Waals surface area contributed by atoms with Gasteiger partial charge in [0, 0.05) is 30.3 Å². The van der Waals surface area contributed by atoms with E-state index in [1.807, 2.05) is 0 Å². The van der Waals surface area contributed by atoms with Gasteiger partial charge in [-0.05, 0) is 37.3 Å². The minimum atomic E-state index is -0.419. The Balaban J connectivity index is 1.90. The Morgan fingerprint density at radius 1 is 1.16 bits per heavy atom. The van der Waals surface area contributed by atoms with Gasteiger partial charge in [0.25, 0.3) is 5.91 Å². The van der Waals surface area contributed by atoms with Gasteiger partial charge in [0.1, 0.15) is 12.4 Å². The second-order valence-corrected chi connectivity index (χ2v) is 7.21. The first kappa shape index (κ1) is 22.6. The van der Waals surface area contributed by atoms with E-state index in [0.717, 1.165) is 0 Å². The third kappa shape index (κ3) is 5.13. The molecule has 32 heavy (non-hydrogen) atoms. The number of hydrogen-bond donors (Lipinski definition) is 2. The molecule has 0 radical (unpaired) electrons. The van der Waals surface area contributed by atoms with Gasteiger partial charge < -0.3 is 20.3 Å². The maximum atomic E-state index is 13.2. The van der Waals surface area contributed by atoms with Crippen LogP contribution < -0.4 is 10.6 Å². The third-order valence-electron chi connectivity index (χ3n) is 4.99. The van der Waals surface area contributed by atoms with Gasteiger partial charge in [-0.3, -0.25) is 19.8 Å². The van der Waals surface area contributed by atoms with E-state index >= 15 is 0 Å². The Morgan fingerprint density at radius 3 is 2.56 bits per heavy atom. The molecule has 0 unspecified atom stereocenters. The fraction of sp³-hybridized carbons (Fsp3) is 0.250. The number of carbonyl (C=O) groups excluding carboxylic acids is 3. The maximum absolute atomic E-state index is 13.2. The highest BCUT2D eigenvalue weighted by atomic mass is 16.5. The average molecular weight is 432 g/mol. The molecule has 0 bridgehead atoms. The molecule has 0 aromatic heterocycles. The van der Waals surface area contributed by atoms with E-state index in [2.05, 4.69) is 11.8 Å². The number of amidine groups is 1. The molecule has 1 aliphatic heterocycles. The number of rotatable bonds is 5. The molecule has 3 N–H and O–H groups in total. The highest BCUT2D eigenvalue weighted by molar-refractivity contribution is 6.09. The summed E-state index contributed by atoms with van der Waals surface area (Å²) in [4.78, 5) is 40.2. The molecule has 2 amide bonds. The van der Waals surface area contributed by atoms with Crippen molar-refractivity contribution >= 4 is 29.3 Å². The fourth-order valence-electron chi connectivity index (χ4n) is 3.27. The van der Waals surface area contributed by atoms with Gasteiger partial charge in [0.2, 0.25) is 5.91 Å². The SMILES string of the molecule is CCOC(=O)CCN1CC(=O)N(C)c2ccc(C#Cc3cccc(C(=N)N)c3)cc2C1=O.